The van der Waals surface area contributed by atoms with Gasteiger partial charge in [0.2, 0.25) is 5.95 Å². The number of benzene rings is 2. The van der Waals surface area contributed by atoms with E-state index < -0.39 is 11.7 Å². The van der Waals surface area contributed by atoms with Crippen LogP contribution < -0.4 is 10.2 Å². The Bertz CT molecular complexity index is 928. The highest BCUT2D eigenvalue weighted by Gasteiger charge is 2.30. The number of alkyl halides is 3. The Kier molecular flexibility index (Phi) is 5.07. The highest BCUT2D eigenvalue weighted by atomic mass is 19.4. The van der Waals surface area contributed by atoms with Crippen LogP contribution in [-0.2, 0) is 6.18 Å². The molecule has 3 rings (SSSR count). The molecule has 5 nitrogen and oxygen atoms in total. The lowest BCUT2D eigenvalue weighted by atomic mass is 10.2. The van der Waals surface area contributed by atoms with Gasteiger partial charge in [-0.15, -0.1) is 0 Å². The molecule has 0 aliphatic rings. The van der Waals surface area contributed by atoms with E-state index in [-0.39, 0.29) is 17.7 Å². The summed E-state index contributed by atoms with van der Waals surface area (Å²) in [6, 6.07) is 14.8. The number of amides is 1. The third-order valence-electron chi connectivity index (χ3n) is 3.80. The molecule has 0 saturated heterocycles. The molecule has 1 N–H and O–H groups in total. The summed E-state index contributed by atoms with van der Waals surface area (Å²) in [7, 11) is 1.63. The lowest BCUT2D eigenvalue weighted by Gasteiger charge is -2.18. The molecule has 0 spiro atoms. The molecule has 1 aromatic heterocycles. The highest BCUT2D eigenvalue weighted by molar-refractivity contribution is 6.03. The van der Waals surface area contributed by atoms with Crippen molar-refractivity contribution >= 4 is 23.4 Å². The quantitative estimate of drug-likeness (QED) is 0.732. The molecule has 0 fully saturated rings. The number of nitrogens with one attached hydrogen (secondary N) is 1. The standard InChI is InChI=1S/C19H15F3N4O/c1-26(15-9-7-14(8-10-15)19(20,21)22)18-23-12-11-16(25-18)24-17(27)13-5-3-2-4-6-13/h2-12H,1H3,(H,23,24,25,27). The maximum absolute atomic E-state index is 12.7. The van der Waals surface area contributed by atoms with Crippen molar-refractivity contribution in [3.8, 4) is 0 Å². The van der Waals surface area contributed by atoms with Gasteiger partial charge in [-0.3, -0.25) is 4.79 Å². The van der Waals surface area contributed by atoms with Crippen LogP contribution in [0.15, 0.2) is 66.9 Å². The maximum Gasteiger partial charge on any atom is 0.416 e. The Morgan fingerprint density at radius 2 is 1.67 bits per heavy atom. The SMILES string of the molecule is CN(c1ccc(C(F)(F)F)cc1)c1nccc(NC(=O)c2ccccc2)n1. The zero-order chi connectivity index (χ0) is 19.4. The van der Waals surface area contributed by atoms with E-state index in [2.05, 4.69) is 15.3 Å². The van der Waals surface area contributed by atoms with Crippen molar-refractivity contribution in [3.63, 3.8) is 0 Å². The Hall–Kier alpha value is -3.42. The summed E-state index contributed by atoms with van der Waals surface area (Å²) in [6.07, 6.45) is -2.93. The molecule has 0 aliphatic carbocycles. The Labute approximate surface area is 153 Å². The van der Waals surface area contributed by atoms with Gasteiger partial charge in [-0.1, -0.05) is 18.2 Å². The Morgan fingerprint density at radius 1 is 1.00 bits per heavy atom. The molecule has 0 bridgehead atoms. The van der Waals surface area contributed by atoms with E-state index in [4.69, 9.17) is 0 Å². The summed E-state index contributed by atoms with van der Waals surface area (Å²) >= 11 is 0. The van der Waals surface area contributed by atoms with Crippen LogP contribution in [0.25, 0.3) is 0 Å². The molecule has 0 atom stereocenters. The Balaban J connectivity index is 1.77. The minimum absolute atomic E-state index is 0.237. The molecule has 138 valence electrons. The number of aromatic nitrogens is 2. The molecule has 1 heterocycles. The third-order valence-corrected chi connectivity index (χ3v) is 3.80. The normalized spacial score (nSPS) is 11.1. The van der Waals surface area contributed by atoms with Crippen LogP contribution in [0.5, 0.6) is 0 Å². The first-order valence-corrected chi connectivity index (χ1v) is 7.95. The summed E-state index contributed by atoms with van der Waals surface area (Å²) in [4.78, 5) is 22.1. The predicted octanol–water partition coefficient (Wildman–Crippen LogP) is 4.52. The second-order valence-electron chi connectivity index (χ2n) is 5.67. The number of hydrogen-bond acceptors (Lipinski definition) is 4. The molecule has 0 aliphatic heterocycles. The van der Waals surface area contributed by atoms with Crippen LogP contribution in [0.1, 0.15) is 15.9 Å². The smallest absolute Gasteiger partial charge is 0.314 e. The van der Waals surface area contributed by atoms with Crippen LogP contribution in [0.3, 0.4) is 0 Å². The number of hydrogen-bond donors (Lipinski definition) is 1. The molecule has 0 unspecified atom stereocenters. The van der Waals surface area contributed by atoms with E-state index in [1.54, 1.807) is 37.4 Å². The molecular formula is C19H15F3N4O. The molecule has 3 aromatic rings. The van der Waals surface area contributed by atoms with E-state index in [9.17, 15) is 18.0 Å². The summed E-state index contributed by atoms with van der Waals surface area (Å²) in [6.45, 7) is 0. The fourth-order valence-corrected chi connectivity index (χ4v) is 2.35. The molecule has 8 heteroatoms. The molecule has 0 saturated carbocycles. The van der Waals surface area contributed by atoms with Crippen molar-refractivity contribution in [2.75, 3.05) is 17.3 Å². The van der Waals surface area contributed by atoms with Gasteiger partial charge in [-0.05, 0) is 42.5 Å². The zero-order valence-electron chi connectivity index (χ0n) is 14.2. The largest absolute Gasteiger partial charge is 0.416 e. The number of carbonyl (C=O) groups excluding carboxylic acids is 1. The Morgan fingerprint density at radius 3 is 2.30 bits per heavy atom. The van der Waals surface area contributed by atoms with Gasteiger partial charge in [0.25, 0.3) is 5.91 Å². The van der Waals surface area contributed by atoms with Crippen molar-refractivity contribution in [2.24, 2.45) is 0 Å². The molecule has 1 amide bonds. The molecular weight excluding hydrogens is 357 g/mol. The first-order valence-electron chi connectivity index (χ1n) is 7.95. The second-order valence-corrected chi connectivity index (χ2v) is 5.67. The number of nitrogens with zero attached hydrogens (tertiary/aromatic N) is 3. The number of halogens is 3. The third kappa shape index (κ3) is 4.41. The highest BCUT2D eigenvalue weighted by Crippen LogP contribution is 2.31. The van der Waals surface area contributed by atoms with Gasteiger partial charge in [-0.2, -0.15) is 18.2 Å². The van der Waals surface area contributed by atoms with Gasteiger partial charge in [0, 0.05) is 24.5 Å². The van der Waals surface area contributed by atoms with E-state index in [0.29, 0.717) is 11.3 Å². The van der Waals surface area contributed by atoms with Crippen molar-refractivity contribution in [1.82, 2.24) is 9.97 Å². The minimum Gasteiger partial charge on any atom is -0.314 e. The van der Waals surface area contributed by atoms with Crippen LogP contribution in [0, 0.1) is 0 Å². The molecule has 0 radical (unpaired) electrons. The van der Waals surface area contributed by atoms with E-state index in [0.717, 1.165) is 12.1 Å². The van der Waals surface area contributed by atoms with Crippen LogP contribution in [0.2, 0.25) is 0 Å². The van der Waals surface area contributed by atoms with Crippen LogP contribution in [0.4, 0.5) is 30.6 Å². The summed E-state index contributed by atoms with van der Waals surface area (Å²) in [5.41, 5.74) is 0.229. The van der Waals surface area contributed by atoms with Crippen LogP contribution in [-0.4, -0.2) is 22.9 Å². The minimum atomic E-state index is -4.39. The van der Waals surface area contributed by atoms with Crippen molar-refractivity contribution in [1.29, 1.82) is 0 Å². The van der Waals surface area contributed by atoms with Crippen molar-refractivity contribution in [3.05, 3.63) is 78.0 Å². The van der Waals surface area contributed by atoms with Gasteiger partial charge in [-0.25, -0.2) is 4.98 Å². The van der Waals surface area contributed by atoms with Crippen molar-refractivity contribution in [2.45, 2.75) is 6.18 Å². The monoisotopic (exact) mass is 372 g/mol. The average Bonchev–Trinajstić information content (AvgIpc) is 2.68. The van der Waals surface area contributed by atoms with Crippen LogP contribution >= 0.6 is 0 Å². The van der Waals surface area contributed by atoms with Gasteiger partial charge in [0.1, 0.15) is 5.82 Å². The summed E-state index contributed by atoms with van der Waals surface area (Å²) in [5, 5.41) is 2.67. The average molecular weight is 372 g/mol. The van der Waals surface area contributed by atoms with Gasteiger partial charge >= 0.3 is 6.18 Å². The maximum atomic E-state index is 12.7. The number of anilines is 3. The lowest BCUT2D eigenvalue weighted by Crippen LogP contribution is -2.17. The fraction of sp³-hybridized carbons (Fsp3) is 0.105. The van der Waals surface area contributed by atoms with Crippen molar-refractivity contribution < 1.29 is 18.0 Å². The zero-order valence-corrected chi connectivity index (χ0v) is 14.2. The predicted molar refractivity (Wildman–Crippen MR) is 95.9 cm³/mol. The fourth-order valence-electron chi connectivity index (χ4n) is 2.35. The summed E-state index contributed by atoms with van der Waals surface area (Å²) < 4.78 is 38.0. The summed E-state index contributed by atoms with van der Waals surface area (Å²) in [5.74, 6) is 0.200. The van der Waals surface area contributed by atoms with Gasteiger partial charge in [0.15, 0.2) is 0 Å². The van der Waals surface area contributed by atoms with E-state index in [1.807, 2.05) is 0 Å². The number of carbonyl (C=O) groups is 1. The first kappa shape index (κ1) is 18.4. The molecule has 27 heavy (non-hydrogen) atoms. The van der Waals surface area contributed by atoms with Gasteiger partial charge < -0.3 is 10.2 Å². The van der Waals surface area contributed by atoms with E-state index in [1.165, 1.54) is 29.3 Å². The topological polar surface area (TPSA) is 58.1 Å². The van der Waals surface area contributed by atoms with E-state index >= 15 is 0 Å². The lowest BCUT2D eigenvalue weighted by molar-refractivity contribution is -0.137. The van der Waals surface area contributed by atoms with Gasteiger partial charge in [0.05, 0.1) is 5.56 Å². The second kappa shape index (κ2) is 7.45. The molecule has 2 aromatic carbocycles. The first-order chi connectivity index (χ1) is 12.8. The number of rotatable bonds is 4.